The van der Waals surface area contributed by atoms with Crippen LogP contribution in [0.15, 0.2) is 0 Å². The monoisotopic (exact) mass is 273 g/mol. The number of carbonyl (C=O) groups is 1. The highest BCUT2D eigenvalue weighted by Gasteiger charge is 2.32. The van der Waals surface area contributed by atoms with Crippen LogP contribution in [0.5, 0.6) is 0 Å². The van der Waals surface area contributed by atoms with E-state index in [1.165, 1.54) is 38.5 Å². The second-order valence-corrected chi connectivity index (χ2v) is 6.48. The van der Waals surface area contributed by atoms with Gasteiger partial charge in [0.15, 0.2) is 0 Å². The first-order valence-corrected chi connectivity index (χ1v) is 8.19. The molecule has 18 heavy (non-hydrogen) atoms. The molecule has 1 N–H and O–H groups in total. The van der Waals surface area contributed by atoms with Crippen LogP contribution in [0.4, 0.5) is 0 Å². The number of hydrogen-bond acceptors (Lipinski definition) is 4. The van der Waals surface area contributed by atoms with Crippen molar-refractivity contribution in [2.24, 2.45) is 5.92 Å². The van der Waals surface area contributed by atoms with Crippen LogP contribution < -0.4 is 5.32 Å². The zero-order chi connectivity index (χ0) is 13.4. The van der Waals surface area contributed by atoms with E-state index in [-0.39, 0.29) is 5.97 Å². The molecule has 1 unspecified atom stereocenters. The van der Waals surface area contributed by atoms with Gasteiger partial charge in [-0.15, -0.1) is 0 Å². The van der Waals surface area contributed by atoms with E-state index < -0.39 is 5.54 Å². The molecule has 1 fully saturated rings. The van der Waals surface area contributed by atoms with Gasteiger partial charge in [0, 0.05) is 0 Å². The number of ether oxygens (including phenoxy) is 1. The molecule has 3 nitrogen and oxygen atoms in total. The Morgan fingerprint density at radius 3 is 2.67 bits per heavy atom. The minimum atomic E-state index is -0.522. The number of carbonyl (C=O) groups excluding carboxylic acids is 1. The molecule has 0 saturated heterocycles. The molecular weight excluding hydrogens is 246 g/mol. The summed E-state index contributed by atoms with van der Waals surface area (Å²) in [6, 6.07) is 0. The second-order valence-electron chi connectivity index (χ2n) is 5.33. The van der Waals surface area contributed by atoms with Gasteiger partial charge in [-0.2, -0.15) is 11.8 Å². The van der Waals surface area contributed by atoms with Crippen molar-refractivity contribution in [3.63, 3.8) is 0 Å². The standard InChI is InChI=1S/C14H27NO2S/c1-4-15-14(2,13(16)17-3)9-10-18-11-12-7-5-6-8-12/h12,15H,4-11H2,1-3H3. The fourth-order valence-electron chi connectivity index (χ4n) is 2.58. The largest absolute Gasteiger partial charge is 0.468 e. The summed E-state index contributed by atoms with van der Waals surface area (Å²) in [7, 11) is 1.46. The maximum Gasteiger partial charge on any atom is 0.325 e. The quantitative estimate of drug-likeness (QED) is 0.545. The Labute approximate surface area is 115 Å². The van der Waals surface area contributed by atoms with Crippen molar-refractivity contribution in [1.29, 1.82) is 0 Å². The molecule has 0 bridgehead atoms. The van der Waals surface area contributed by atoms with Crippen molar-refractivity contribution >= 4 is 17.7 Å². The highest BCUT2D eigenvalue weighted by atomic mass is 32.2. The van der Waals surface area contributed by atoms with Crippen molar-refractivity contribution in [2.75, 3.05) is 25.2 Å². The van der Waals surface area contributed by atoms with Gasteiger partial charge in [0.2, 0.25) is 0 Å². The maximum atomic E-state index is 11.8. The summed E-state index contributed by atoms with van der Waals surface area (Å²) < 4.78 is 4.89. The van der Waals surface area contributed by atoms with Crippen LogP contribution in [0.1, 0.15) is 46.0 Å². The van der Waals surface area contributed by atoms with Crippen LogP contribution >= 0.6 is 11.8 Å². The Kier molecular flexibility index (Phi) is 7.08. The van der Waals surface area contributed by atoms with Gasteiger partial charge in [0.05, 0.1) is 7.11 Å². The number of esters is 1. The van der Waals surface area contributed by atoms with Gasteiger partial charge in [0.1, 0.15) is 5.54 Å². The Hall–Kier alpha value is -0.220. The van der Waals surface area contributed by atoms with Gasteiger partial charge >= 0.3 is 5.97 Å². The van der Waals surface area contributed by atoms with Gasteiger partial charge in [-0.25, -0.2) is 0 Å². The summed E-state index contributed by atoms with van der Waals surface area (Å²) in [4.78, 5) is 11.8. The van der Waals surface area contributed by atoms with Crippen LogP contribution in [0.2, 0.25) is 0 Å². The van der Waals surface area contributed by atoms with Crippen LogP contribution in [0, 0.1) is 5.92 Å². The Balaban J connectivity index is 2.26. The third-order valence-electron chi connectivity index (χ3n) is 3.78. The van der Waals surface area contributed by atoms with Gasteiger partial charge < -0.3 is 10.1 Å². The SMILES string of the molecule is CCNC(C)(CCSCC1CCCC1)C(=O)OC. The molecule has 0 aromatic carbocycles. The number of rotatable bonds is 8. The molecule has 0 radical (unpaired) electrons. The Morgan fingerprint density at radius 1 is 1.44 bits per heavy atom. The molecule has 1 aliphatic carbocycles. The predicted molar refractivity (Wildman–Crippen MR) is 78.0 cm³/mol. The van der Waals surface area contributed by atoms with Crippen molar-refractivity contribution in [3.8, 4) is 0 Å². The number of likely N-dealkylation sites (N-methyl/N-ethyl adjacent to an activating group) is 1. The highest BCUT2D eigenvalue weighted by Crippen LogP contribution is 2.28. The smallest absolute Gasteiger partial charge is 0.325 e. The van der Waals surface area contributed by atoms with E-state index in [1.54, 1.807) is 0 Å². The van der Waals surface area contributed by atoms with E-state index in [4.69, 9.17) is 4.74 Å². The fourth-order valence-corrected chi connectivity index (χ4v) is 3.97. The summed E-state index contributed by atoms with van der Waals surface area (Å²) in [5.74, 6) is 3.04. The normalized spacial score (nSPS) is 19.7. The van der Waals surface area contributed by atoms with Gasteiger partial charge in [0.25, 0.3) is 0 Å². The van der Waals surface area contributed by atoms with E-state index in [9.17, 15) is 4.79 Å². The molecule has 0 spiro atoms. The van der Waals surface area contributed by atoms with E-state index >= 15 is 0 Å². The molecule has 0 aromatic heterocycles. The lowest BCUT2D eigenvalue weighted by atomic mass is 9.99. The highest BCUT2D eigenvalue weighted by molar-refractivity contribution is 7.99. The minimum Gasteiger partial charge on any atom is -0.468 e. The van der Waals surface area contributed by atoms with E-state index in [0.717, 1.165) is 24.6 Å². The van der Waals surface area contributed by atoms with E-state index in [2.05, 4.69) is 5.32 Å². The lowest BCUT2D eigenvalue weighted by Gasteiger charge is -2.27. The summed E-state index contributed by atoms with van der Waals surface area (Å²) in [5, 5.41) is 3.25. The van der Waals surface area contributed by atoms with Crippen LogP contribution in [-0.2, 0) is 9.53 Å². The molecule has 0 aromatic rings. The number of methoxy groups -OCH3 is 1. The zero-order valence-corrected chi connectivity index (χ0v) is 12.8. The van der Waals surface area contributed by atoms with Gasteiger partial charge in [-0.05, 0) is 50.2 Å². The van der Waals surface area contributed by atoms with Crippen LogP contribution in [0.3, 0.4) is 0 Å². The zero-order valence-electron chi connectivity index (χ0n) is 12.0. The molecule has 0 amide bonds. The second kappa shape index (κ2) is 8.05. The van der Waals surface area contributed by atoms with Crippen molar-refractivity contribution in [3.05, 3.63) is 0 Å². The number of thioether (sulfide) groups is 1. The first-order chi connectivity index (χ1) is 8.62. The summed E-state index contributed by atoms with van der Waals surface area (Å²) in [5.41, 5.74) is -0.522. The Morgan fingerprint density at radius 2 is 2.11 bits per heavy atom. The van der Waals surface area contributed by atoms with Crippen LogP contribution in [-0.4, -0.2) is 36.7 Å². The maximum absolute atomic E-state index is 11.8. The van der Waals surface area contributed by atoms with Crippen LogP contribution in [0.25, 0.3) is 0 Å². The molecule has 106 valence electrons. The fraction of sp³-hybridized carbons (Fsp3) is 0.929. The summed E-state index contributed by atoms with van der Waals surface area (Å²) in [6.45, 7) is 4.75. The number of nitrogens with one attached hydrogen (secondary N) is 1. The molecule has 1 aliphatic rings. The van der Waals surface area contributed by atoms with Gasteiger partial charge in [-0.1, -0.05) is 19.8 Å². The van der Waals surface area contributed by atoms with E-state index in [0.29, 0.717) is 0 Å². The third-order valence-corrected chi connectivity index (χ3v) is 4.98. The lowest BCUT2D eigenvalue weighted by Crippen LogP contribution is -2.50. The molecule has 0 aliphatic heterocycles. The van der Waals surface area contributed by atoms with Crippen molar-refractivity contribution in [1.82, 2.24) is 5.32 Å². The molecule has 4 heteroatoms. The summed E-state index contributed by atoms with van der Waals surface area (Å²) >= 11 is 1.98. The predicted octanol–water partition coefficient (Wildman–Crippen LogP) is 2.84. The van der Waals surface area contributed by atoms with Crippen molar-refractivity contribution in [2.45, 2.75) is 51.5 Å². The average molecular weight is 273 g/mol. The van der Waals surface area contributed by atoms with E-state index in [1.807, 2.05) is 25.6 Å². The number of hydrogen-bond donors (Lipinski definition) is 1. The first kappa shape index (κ1) is 15.8. The minimum absolute atomic E-state index is 0.147. The topological polar surface area (TPSA) is 38.3 Å². The molecular formula is C14H27NO2S. The molecule has 1 saturated carbocycles. The third kappa shape index (κ3) is 4.81. The van der Waals surface area contributed by atoms with Crippen molar-refractivity contribution < 1.29 is 9.53 Å². The average Bonchev–Trinajstić information content (AvgIpc) is 2.87. The molecule has 1 rings (SSSR count). The summed E-state index contributed by atoms with van der Waals surface area (Å²) in [6.07, 6.45) is 6.44. The molecule has 1 atom stereocenters. The first-order valence-electron chi connectivity index (χ1n) is 7.03. The molecule has 0 heterocycles. The van der Waals surface area contributed by atoms with Gasteiger partial charge in [-0.3, -0.25) is 4.79 Å². The Bertz CT molecular complexity index is 254. The lowest BCUT2D eigenvalue weighted by molar-refractivity contribution is -0.147.